The van der Waals surface area contributed by atoms with E-state index in [4.69, 9.17) is 0 Å². The molecule has 1 N–H and O–H groups in total. The van der Waals surface area contributed by atoms with E-state index in [0.29, 0.717) is 5.69 Å². The first-order valence-electron chi connectivity index (χ1n) is 5.40. The molecule has 0 bridgehead atoms. The maximum Gasteiger partial charge on any atom is 0.126 e. The van der Waals surface area contributed by atoms with Crippen LogP contribution in [0, 0.1) is 0 Å². The molecule has 2 heterocycles. The van der Waals surface area contributed by atoms with Gasteiger partial charge in [-0.2, -0.15) is 10.2 Å². The SMILES string of the molecule is CCCn1cc(C(O)c2ccn(C)n2)cn1. The highest BCUT2D eigenvalue weighted by molar-refractivity contribution is 5.19. The van der Waals surface area contributed by atoms with E-state index < -0.39 is 6.10 Å². The summed E-state index contributed by atoms with van der Waals surface area (Å²) in [6, 6.07) is 1.81. The predicted molar refractivity (Wildman–Crippen MR) is 59.8 cm³/mol. The van der Waals surface area contributed by atoms with E-state index in [1.807, 2.05) is 30.2 Å². The Morgan fingerprint density at radius 3 is 2.94 bits per heavy atom. The number of aliphatic hydroxyl groups excluding tert-OH is 1. The van der Waals surface area contributed by atoms with E-state index in [0.717, 1.165) is 18.5 Å². The fraction of sp³-hybridized carbons (Fsp3) is 0.455. The topological polar surface area (TPSA) is 55.9 Å². The second-order valence-corrected chi connectivity index (χ2v) is 3.85. The number of rotatable bonds is 4. The molecule has 2 aromatic rings. The Labute approximate surface area is 94.3 Å². The van der Waals surface area contributed by atoms with Crippen molar-refractivity contribution in [2.75, 3.05) is 0 Å². The molecule has 16 heavy (non-hydrogen) atoms. The molecule has 1 atom stereocenters. The van der Waals surface area contributed by atoms with Crippen LogP contribution in [0.5, 0.6) is 0 Å². The molecule has 0 saturated carbocycles. The number of hydrogen-bond acceptors (Lipinski definition) is 3. The summed E-state index contributed by atoms with van der Waals surface area (Å²) in [6.07, 6.45) is 5.71. The van der Waals surface area contributed by atoms with E-state index >= 15 is 0 Å². The third kappa shape index (κ3) is 2.14. The Kier molecular flexibility index (Phi) is 3.05. The third-order valence-corrected chi connectivity index (χ3v) is 2.44. The predicted octanol–water partition coefficient (Wildman–Crippen LogP) is 1.11. The van der Waals surface area contributed by atoms with Gasteiger partial charge in [-0.15, -0.1) is 0 Å². The summed E-state index contributed by atoms with van der Waals surface area (Å²) in [5.41, 5.74) is 1.44. The van der Waals surface area contributed by atoms with E-state index in [2.05, 4.69) is 17.1 Å². The van der Waals surface area contributed by atoms with E-state index in [1.165, 1.54) is 0 Å². The van der Waals surface area contributed by atoms with Gasteiger partial charge in [0, 0.05) is 31.5 Å². The van der Waals surface area contributed by atoms with Gasteiger partial charge in [-0.3, -0.25) is 9.36 Å². The van der Waals surface area contributed by atoms with Gasteiger partial charge in [-0.25, -0.2) is 0 Å². The van der Waals surface area contributed by atoms with Crippen LogP contribution < -0.4 is 0 Å². The second-order valence-electron chi connectivity index (χ2n) is 3.85. The second kappa shape index (κ2) is 4.49. The van der Waals surface area contributed by atoms with Gasteiger partial charge in [-0.1, -0.05) is 6.92 Å². The van der Waals surface area contributed by atoms with E-state index in [-0.39, 0.29) is 0 Å². The maximum absolute atomic E-state index is 10.1. The first kappa shape index (κ1) is 10.9. The maximum atomic E-state index is 10.1. The van der Waals surface area contributed by atoms with Crippen LogP contribution in [0.15, 0.2) is 24.7 Å². The van der Waals surface area contributed by atoms with Gasteiger partial charge in [0.25, 0.3) is 0 Å². The van der Waals surface area contributed by atoms with Crippen molar-refractivity contribution in [3.8, 4) is 0 Å². The van der Waals surface area contributed by atoms with Crippen molar-refractivity contribution in [2.24, 2.45) is 7.05 Å². The van der Waals surface area contributed by atoms with E-state index in [9.17, 15) is 5.11 Å². The molecule has 2 rings (SSSR count). The summed E-state index contributed by atoms with van der Waals surface area (Å²) in [4.78, 5) is 0. The molecule has 0 aliphatic heterocycles. The minimum absolute atomic E-state index is 0.651. The molecule has 0 saturated heterocycles. The van der Waals surface area contributed by atoms with Crippen LogP contribution >= 0.6 is 0 Å². The molecule has 0 spiro atoms. The minimum atomic E-state index is -0.688. The lowest BCUT2D eigenvalue weighted by molar-refractivity contribution is 0.214. The van der Waals surface area contributed by atoms with Crippen molar-refractivity contribution in [1.29, 1.82) is 0 Å². The van der Waals surface area contributed by atoms with Gasteiger partial charge in [0.2, 0.25) is 0 Å². The van der Waals surface area contributed by atoms with Crippen LogP contribution in [0.25, 0.3) is 0 Å². The zero-order valence-electron chi connectivity index (χ0n) is 9.54. The lowest BCUT2D eigenvalue weighted by Gasteiger charge is -2.03. The van der Waals surface area contributed by atoms with Crippen molar-refractivity contribution < 1.29 is 5.11 Å². The summed E-state index contributed by atoms with van der Waals surface area (Å²) in [5.74, 6) is 0. The number of aryl methyl sites for hydroxylation is 2. The normalized spacial score (nSPS) is 12.9. The van der Waals surface area contributed by atoms with Crippen LogP contribution in [0.3, 0.4) is 0 Å². The summed E-state index contributed by atoms with van der Waals surface area (Å²) in [7, 11) is 1.83. The highest BCUT2D eigenvalue weighted by Crippen LogP contribution is 2.19. The quantitative estimate of drug-likeness (QED) is 0.839. The molecule has 2 aromatic heterocycles. The Balaban J connectivity index is 2.17. The molecule has 0 radical (unpaired) electrons. The van der Waals surface area contributed by atoms with Crippen molar-refractivity contribution in [2.45, 2.75) is 26.0 Å². The molecule has 1 unspecified atom stereocenters. The number of nitrogens with zero attached hydrogens (tertiary/aromatic N) is 4. The van der Waals surface area contributed by atoms with Gasteiger partial charge in [-0.05, 0) is 12.5 Å². The molecule has 0 amide bonds. The van der Waals surface area contributed by atoms with Crippen LogP contribution in [0.2, 0.25) is 0 Å². The van der Waals surface area contributed by atoms with Crippen LogP contribution in [0.4, 0.5) is 0 Å². The lowest BCUT2D eigenvalue weighted by Crippen LogP contribution is -2.01. The zero-order valence-corrected chi connectivity index (χ0v) is 9.54. The monoisotopic (exact) mass is 220 g/mol. The summed E-state index contributed by atoms with van der Waals surface area (Å²) in [5, 5.41) is 18.4. The summed E-state index contributed by atoms with van der Waals surface area (Å²) >= 11 is 0. The Morgan fingerprint density at radius 1 is 1.50 bits per heavy atom. The van der Waals surface area contributed by atoms with Gasteiger partial charge in [0.05, 0.1) is 11.9 Å². The van der Waals surface area contributed by atoms with Gasteiger partial charge in [0.15, 0.2) is 0 Å². The molecule has 0 fully saturated rings. The first-order valence-corrected chi connectivity index (χ1v) is 5.40. The average Bonchev–Trinajstić information content (AvgIpc) is 2.87. The molecule has 0 aliphatic rings. The molecular weight excluding hydrogens is 204 g/mol. The van der Waals surface area contributed by atoms with Crippen LogP contribution in [0.1, 0.15) is 30.7 Å². The Morgan fingerprint density at radius 2 is 2.31 bits per heavy atom. The van der Waals surface area contributed by atoms with Crippen LogP contribution in [-0.4, -0.2) is 24.7 Å². The van der Waals surface area contributed by atoms with Crippen molar-refractivity contribution in [3.63, 3.8) is 0 Å². The van der Waals surface area contributed by atoms with E-state index in [1.54, 1.807) is 10.9 Å². The lowest BCUT2D eigenvalue weighted by atomic mass is 10.1. The number of aromatic nitrogens is 4. The van der Waals surface area contributed by atoms with Crippen molar-refractivity contribution >= 4 is 0 Å². The molecule has 5 nitrogen and oxygen atoms in total. The van der Waals surface area contributed by atoms with Gasteiger partial charge < -0.3 is 5.11 Å². The summed E-state index contributed by atoms with van der Waals surface area (Å²) in [6.45, 7) is 2.96. The zero-order chi connectivity index (χ0) is 11.5. The number of aliphatic hydroxyl groups is 1. The fourth-order valence-electron chi connectivity index (χ4n) is 1.62. The molecule has 0 aromatic carbocycles. The third-order valence-electron chi connectivity index (χ3n) is 2.44. The molecule has 86 valence electrons. The molecule has 5 heteroatoms. The highest BCUT2D eigenvalue weighted by Gasteiger charge is 2.14. The smallest absolute Gasteiger partial charge is 0.126 e. The molecular formula is C11H16N4O. The number of hydrogen-bond donors (Lipinski definition) is 1. The average molecular weight is 220 g/mol. The largest absolute Gasteiger partial charge is 0.382 e. The van der Waals surface area contributed by atoms with Crippen molar-refractivity contribution in [3.05, 3.63) is 35.9 Å². The van der Waals surface area contributed by atoms with Gasteiger partial charge in [0.1, 0.15) is 6.10 Å². The van der Waals surface area contributed by atoms with Crippen LogP contribution in [-0.2, 0) is 13.6 Å². The Bertz CT molecular complexity index is 460. The fourth-order valence-corrected chi connectivity index (χ4v) is 1.62. The summed E-state index contributed by atoms with van der Waals surface area (Å²) < 4.78 is 3.51. The molecule has 0 aliphatic carbocycles. The Hall–Kier alpha value is -1.62. The van der Waals surface area contributed by atoms with Crippen molar-refractivity contribution in [1.82, 2.24) is 19.6 Å². The standard InChI is InChI=1S/C11H16N4O/c1-3-5-15-8-9(7-12-15)11(16)10-4-6-14(2)13-10/h4,6-8,11,16H,3,5H2,1-2H3. The van der Waals surface area contributed by atoms with Gasteiger partial charge >= 0.3 is 0 Å². The first-order chi connectivity index (χ1) is 7.70. The minimum Gasteiger partial charge on any atom is -0.382 e. The highest BCUT2D eigenvalue weighted by atomic mass is 16.3.